The SMILES string of the molecule is CCOCCn1c(=NS(=O)(=O)c2ccc(OC)cc2)sc2cc(F)ccc21. The van der Waals surface area contributed by atoms with Gasteiger partial charge in [0.1, 0.15) is 11.6 Å². The number of aromatic nitrogens is 1. The summed E-state index contributed by atoms with van der Waals surface area (Å²) >= 11 is 1.12. The standard InChI is InChI=1S/C18H19FN2O4S2/c1-3-25-11-10-21-16-9-4-13(19)12-17(16)26-18(21)20-27(22,23)15-7-5-14(24-2)6-8-15/h4-9,12H,3,10-11H2,1-2H3. The second kappa shape index (κ2) is 8.20. The lowest BCUT2D eigenvalue weighted by atomic mass is 10.3. The van der Waals surface area contributed by atoms with Crippen molar-refractivity contribution in [2.45, 2.75) is 18.4 Å². The molecule has 3 aromatic rings. The summed E-state index contributed by atoms with van der Waals surface area (Å²) in [4.78, 5) is 0.328. The molecule has 9 heteroatoms. The number of nitrogens with zero attached hydrogens (tertiary/aromatic N) is 2. The van der Waals surface area contributed by atoms with E-state index >= 15 is 0 Å². The van der Waals surface area contributed by atoms with Crippen LogP contribution in [0.2, 0.25) is 0 Å². The fraction of sp³-hybridized carbons (Fsp3) is 0.278. The Morgan fingerprint density at radius 1 is 1.19 bits per heavy atom. The number of methoxy groups -OCH3 is 1. The van der Waals surface area contributed by atoms with Crippen molar-refractivity contribution in [1.29, 1.82) is 0 Å². The van der Waals surface area contributed by atoms with Gasteiger partial charge in [-0.15, -0.1) is 4.40 Å². The summed E-state index contributed by atoms with van der Waals surface area (Å²) in [5, 5.41) is 0. The maximum absolute atomic E-state index is 13.6. The van der Waals surface area contributed by atoms with E-state index in [4.69, 9.17) is 9.47 Å². The summed E-state index contributed by atoms with van der Waals surface area (Å²) in [6, 6.07) is 10.3. The van der Waals surface area contributed by atoms with Crippen LogP contribution in [0.1, 0.15) is 6.92 Å². The van der Waals surface area contributed by atoms with Crippen molar-refractivity contribution >= 4 is 31.6 Å². The van der Waals surface area contributed by atoms with E-state index in [-0.39, 0.29) is 15.5 Å². The third kappa shape index (κ3) is 4.37. The highest BCUT2D eigenvalue weighted by Crippen LogP contribution is 2.21. The Morgan fingerprint density at radius 3 is 2.59 bits per heavy atom. The molecule has 0 bridgehead atoms. The fourth-order valence-corrected chi connectivity index (χ4v) is 4.82. The Bertz CT molecular complexity index is 1100. The maximum atomic E-state index is 13.6. The number of thiazole rings is 1. The van der Waals surface area contributed by atoms with E-state index in [9.17, 15) is 12.8 Å². The molecule has 0 aliphatic carbocycles. The summed E-state index contributed by atoms with van der Waals surface area (Å²) in [7, 11) is -2.42. The van der Waals surface area contributed by atoms with Gasteiger partial charge in [0.05, 0.1) is 28.8 Å². The van der Waals surface area contributed by atoms with E-state index in [0.29, 0.717) is 35.7 Å². The number of sulfonamides is 1. The first-order chi connectivity index (χ1) is 12.9. The lowest BCUT2D eigenvalue weighted by Gasteiger charge is -2.06. The molecule has 1 heterocycles. The zero-order valence-electron chi connectivity index (χ0n) is 14.9. The average molecular weight is 410 g/mol. The van der Waals surface area contributed by atoms with E-state index in [0.717, 1.165) is 11.3 Å². The highest BCUT2D eigenvalue weighted by molar-refractivity contribution is 7.90. The molecule has 1 aromatic heterocycles. The monoisotopic (exact) mass is 410 g/mol. The van der Waals surface area contributed by atoms with E-state index < -0.39 is 10.0 Å². The molecule has 0 aliphatic heterocycles. The van der Waals surface area contributed by atoms with Gasteiger partial charge in [0.25, 0.3) is 10.0 Å². The van der Waals surface area contributed by atoms with Crippen LogP contribution in [0.25, 0.3) is 10.2 Å². The Hall–Kier alpha value is -2.23. The van der Waals surface area contributed by atoms with Gasteiger partial charge in [0.2, 0.25) is 4.80 Å². The highest BCUT2D eigenvalue weighted by Gasteiger charge is 2.15. The summed E-state index contributed by atoms with van der Waals surface area (Å²) in [5.74, 6) is 0.170. The first-order valence-electron chi connectivity index (χ1n) is 8.26. The van der Waals surface area contributed by atoms with Gasteiger partial charge in [-0.2, -0.15) is 8.42 Å². The Kier molecular flexibility index (Phi) is 5.93. The molecule has 3 rings (SSSR count). The first kappa shape index (κ1) is 19.5. The second-order valence-electron chi connectivity index (χ2n) is 5.59. The predicted octanol–water partition coefficient (Wildman–Crippen LogP) is 3.18. The molecular weight excluding hydrogens is 391 g/mol. The number of halogens is 1. The van der Waals surface area contributed by atoms with Crippen molar-refractivity contribution in [3.8, 4) is 5.75 Å². The minimum atomic E-state index is -3.92. The molecule has 0 fully saturated rings. The van der Waals surface area contributed by atoms with Gasteiger partial charge >= 0.3 is 0 Å². The van der Waals surface area contributed by atoms with Gasteiger partial charge in [0, 0.05) is 13.2 Å². The first-order valence-corrected chi connectivity index (χ1v) is 10.5. The number of benzene rings is 2. The van der Waals surface area contributed by atoms with Crippen LogP contribution >= 0.6 is 11.3 Å². The normalized spacial score (nSPS) is 12.6. The van der Waals surface area contributed by atoms with Crippen molar-refractivity contribution in [2.24, 2.45) is 4.40 Å². The smallest absolute Gasteiger partial charge is 0.285 e. The third-order valence-electron chi connectivity index (χ3n) is 3.86. The summed E-state index contributed by atoms with van der Waals surface area (Å²) in [6.45, 7) is 3.24. The van der Waals surface area contributed by atoms with E-state index in [1.807, 2.05) is 6.92 Å². The van der Waals surface area contributed by atoms with Crippen molar-refractivity contribution in [3.63, 3.8) is 0 Å². The molecule has 0 atom stereocenters. The minimum absolute atomic E-state index is 0.0586. The molecule has 0 unspecified atom stereocenters. The van der Waals surface area contributed by atoms with Gasteiger partial charge in [-0.05, 0) is 49.4 Å². The summed E-state index contributed by atoms with van der Waals surface area (Å²) in [6.07, 6.45) is 0. The molecule has 0 saturated heterocycles. The molecule has 27 heavy (non-hydrogen) atoms. The van der Waals surface area contributed by atoms with Crippen LogP contribution in [0.15, 0.2) is 51.8 Å². The zero-order chi connectivity index (χ0) is 19.4. The maximum Gasteiger partial charge on any atom is 0.285 e. The van der Waals surface area contributed by atoms with E-state index in [1.165, 1.54) is 31.4 Å². The van der Waals surface area contributed by atoms with Crippen LogP contribution in [-0.2, 0) is 21.3 Å². The molecule has 0 saturated carbocycles. The predicted molar refractivity (Wildman–Crippen MR) is 102 cm³/mol. The van der Waals surface area contributed by atoms with Crippen LogP contribution in [0.3, 0.4) is 0 Å². The van der Waals surface area contributed by atoms with Crippen molar-refractivity contribution in [2.75, 3.05) is 20.3 Å². The third-order valence-corrected chi connectivity index (χ3v) is 6.30. The zero-order valence-corrected chi connectivity index (χ0v) is 16.5. The number of hydrogen-bond acceptors (Lipinski definition) is 5. The van der Waals surface area contributed by atoms with Crippen molar-refractivity contribution in [1.82, 2.24) is 4.57 Å². The molecule has 0 N–H and O–H groups in total. The molecule has 0 radical (unpaired) electrons. The number of fused-ring (bicyclic) bond motifs is 1. The molecule has 6 nitrogen and oxygen atoms in total. The number of ether oxygens (including phenoxy) is 2. The summed E-state index contributed by atoms with van der Waals surface area (Å²) < 4.78 is 55.8. The quantitative estimate of drug-likeness (QED) is 0.561. The second-order valence-corrected chi connectivity index (χ2v) is 8.20. The van der Waals surface area contributed by atoms with Crippen LogP contribution < -0.4 is 9.54 Å². The Balaban J connectivity index is 2.11. The van der Waals surface area contributed by atoms with Gasteiger partial charge < -0.3 is 14.0 Å². The van der Waals surface area contributed by atoms with Crippen LogP contribution in [0, 0.1) is 5.82 Å². The molecule has 2 aromatic carbocycles. The van der Waals surface area contributed by atoms with Crippen LogP contribution in [-0.4, -0.2) is 33.3 Å². The molecular formula is C18H19FN2O4S2. The number of hydrogen-bond donors (Lipinski definition) is 0. The molecule has 0 spiro atoms. The lowest BCUT2D eigenvalue weighted by molar-refractivity contribution is 0.139. The molecule has 144 valence electrons. The van der Waals surface area contributed by atoms with Crippen LogP contribution in [0.4, 0.5) is 4.39 Å². The lowest BCUT2D eigenvalue weighted by Crippen LogP contribution is -2.19. The van der Waals surface area contributed by atoms with Gasteiger partial charge in [-0.25, -0.2) is 4.39 Å². The fourth-order valence-electron chi connectivity index (χ4n) is 2.54. The average Bonchev–Trinajstić information content (AvgIpc) is 2.97. The van der Waals surface area contributed by atoms with E-state index in [1.54, 1.807) is 22.8 Å². The van der Waals surface area contributed by atoms with Crippen molar-refractivity contribution in [3.05, 3.63) is 53.1 Å². The van der Waals surface area contributed by atoms with Crippen LogP contribution in [0.5, 0.6) is 5.75 Å². The molecule has 0 aliphatic rings. The van der Waals surface area contributed by atoms with Gasteiger partial charge in [-0.3, -0.25) is 0 Å². The minimum Gasteiger partial charge on any atom is -0.497 e. The largest absolute Gasteiger partial charge is 0.497 e. The van der Waals surface area contributed by atoms with Gasteiger partial charge in [0.15, 0.2) is 0 Å². The Labute approximate surface area is 160 Å². The number of rotatable bonds is 7. The molecule has 0 amide bonds. The van der Waals surface area contributed by atoms with Gasteiger partial charge in [-0.1, -0.05) is 11.3 Å². The Morgan fingerprint density at radius 2 is 1.93 bits per heavy atom. The summed E-state index contributed by atoms with van der Waals surface area (Å²) in [5.41, 5.74) is 0.713. The van der Waals surface area contributed by atoms with Crippen molar-refractivity contribution < 1.29 is 22.3 Å². The topological polar surface area (TPSA) is 69.9 Å². The highest BCUT2D eigenvalue weighted by atomic mass is 32.2. The van der Waals surface area contributed by atoms with E-state index in [2.05, 4.69) is 4.40 Å².